The molecule has 0 saturated heterocycles. The molecule has 0 bridgehead atoms. The average Bonchev–Trinajstić information content (AvgIpc) is 2.81. The summed E-state index contributed by atoms with van der Waals surface area (Å²) in [7, 11) is 0. The summed E-state index contributed by atoms with van der Waals surface area (Å²) in [4.78, 5) is 0. The second-order valence-corrected chi connectivity index (χ2v) is 5.10. The summed E-state index contributed by atoms with van der Waals surface area (Å²) in [6.07, 6.45) is 2.85. The van der Waals surface area contributed by atoms with E-state index < -0.39 is 0 Å². The van der Waals surface area contributed by atoms with Crippen molar-refractivity contribution in [1.82, 2.24) is 9.61 Å². The molecular formula is C16H15FN4. The van der Waals surface area contributed by atoms with Crippen molar-refractivity contribution in [3.63, 3.8) is 0 Å². The molecule has 2 heterocycles. The Morgan fingerprint density at radius 3 is 2.90 bits per heavy atom. The van der Waals surface area contributed by atoms with Crippen molar-refractivity contribution in [1.29, 1.82) is 5.26 Å². The lowest BCUT2D eigenvalue weighted by Crippen LogP contribution is -2.00. The van der Waals surface area contributed by atoms with Crippen molar-refractivity contribution in [3.8, 4) is 6.07 Å². The SMILES string of the molecule is CCCCc1cc2cc(F)ccc2c2c(C#N)c(N)nn12. The second-order valence-electron chi connectivity index (χ2n) is 5.10. The third kappa shape index (κ3) is 2.09. The third-order valence-corrected chi connectivity index (χ3v) is 3.67. The zero-order valence-corrected chi connectivity index (χ0v) is 11.7. The van der Waals surface area contributed by atoms with Gasteiger partial charge in [0, 0.05) is 11.1 Å². The molecule has 0 spiro atoms. The summed E-state index contributed by atoms with van der Waals surface area (Å²) in [6, 6.07) is 8.57. The fourth-order valence-corrected chi connectivity index (χ4v) is 2.65. The van der Waals surface area contributed by atoms with E-state index in [1.165, 1.54) is 12.1 Å². The molecule has 3 rings (SSSR count). The maximum absolute atomic E-state index is 13.5. The fourth-order valence-electron chi connectivity index (χ4n) is 2.65. The first-order chi connectivity index (χ1) is 10.2. The molecule has 1 aromatic carbocycles. The van der Waals surface area contributed by atoms with Crippen molar-refractivity contribution in [2.24, 2.45) is 0 Å². The van der Waals surface area contributed by atoms with E-state index in [2.05, 4.69) is 18.1 Å². The van der Waals surface area contributed by atoms with Crippen LogP contribution in [0.4, 0.5) is 10.2 Å². The highest BCUT2D eigenvalue weighted by Crippen LogP contribution is 2.29. The lowest BCUT2D eigenvalue weighted by atomic mass is 10.1. The Morgan fingerprint density at radius 2 is 2.19 bits per heavy atom. The molecule has 0 fully saturated rings. The van der Waals surface area contributed by atoms with Crippen molar-refractivity contribution in [3.05, 3.63) is 41.3 Å². The van der Waals surface area contributed by atoms with Gasteiger partial charge in [0.25, 0.3) is 0 Å². The molecular weight excluding hydrogens is 267 g/mol. The Bertz CT molecular complexity index is 873. The van der Waals surface area contributed by atoms with E-state index in [1.54, 1.807) is 10.6 Å². The van der Waals surface area contributed by atoms with Crippen molar-refractivity contribution < 1.29 is 4.39 Å². The fraction of sp³-hybridized carbons (Fsp3) is 0.250. The minimum atomic E-state index is -0.292. The third-order valence-electron chi connectivity index (χ3n) is 3.67. The number of hydrogen-bond acceptors (Lipinski definition) is 3. The minimum Gasteiger partial charge on any atom is -0.381 e. The highest BCUT2D eigenvalue weighted by molar-refractivity contribution is 6.00. The summed E-state index contributed by atoms with van der Waals surface area (Å²) in [5.41, 5.74) is 7.81. The maximum Gasteiger partial charge on any atom is 0.164 e. The van der Waals surface area contributed by atoms with Gasteiger partial charge in [-0.25, -0.2) is 8.91 Å². The number of halogens is 1. The number of nitrogens with two attached hydrogens (primary N) is 1. The number of nitriles is 1. The topological polar surface area (TPSA) is 67.1 Å². The van der Waals surface area contributed by atoms with Crippen LogP contribution in [0.25, 0.3) is 16.3 Å². The Kier molecular flexibility index (Phi) is 3.22. The Hall–Kier alpha value is -2.61. The predicted molar refractivity (Wildman–Crippen MR) is 80.4 cm³/mol. The van der Waals surface area contributed by atoms with Crippen LogP contribution in [-0.4, -0.2) is 9.61 Å². The van der Waals surface area contributed by atoms with Gasteiger partial charge in [-0.2, -0.15) is 5.26 Å². The highest BCUT2D eigenvalue weighted by Gasteiger charge is 2.16. The van der Waals surface area contributed by atoms with Crippen LogP contribution in [0, 0.1) is 17.1 Å². The van der Waals surface area contributed by atoms with Crippen molar-refractivity contribution in [2.75, 3.05) is 5.73 Å². The predicted octanol–water partition coefficient (Wildman–Crippen LogP) is 3.42. The summed E-state index contributed by atoms with van der Waals surface area (Å²) in [5.74, 6) is -0.0774. The summed E-state index contributed by atoms with van der Waals surface area (Å²) in [5, 5.41) is 15.2. The van der Waals surface area contributed by atoms with Crippen LogP contribution in [0.1, 0.15) is 31.0 Å². The first kappa shape index (κ1) is 13.4. The van der Waals surface area contributed by atoms with Gasteiger partial charge < -0.3 is 5.73 Å². The van der Waals surface area contributed by atoms with Crippen molar-refractivity contribution >= 4 is 22.1 Å². The molecule has 0 radical (unpaired) electrons. The van der Waals surface area contributed by atoms with E-state index in [9.17, 15) is 9.65 Å². The number of fused-ring (bicyclic) bond motifs is 3. The van der Waals surface area contributed by atoms with Gasteiger partial charge >= 0.3 is 0 Å². The van der Waals surface area contributed by atoms with E-state index >= 15 is 0 Å². The Balaban J connectivity index is 2.43. The molecule has 0 aliphatic carbocycles. The molecule has 0 amide bonds. The lowest BCUT2D eigenvalue weighted by Gasteiger charge is -2.08. The number of benzene rings is 1. The summed E-state index contributed by atoms with van der Waals surface area (Å²) < 4.78 is 15.2. The zero-order chi connectivity index (χ0) is 15.0. The zero-order valence-electron chi connectivity index (χ0n) is 11.7. The number of nitrogens with zero attached hydrogens (tertiary/aromatic N) is 3. The van der Waals surface area contributed by atoms with Gasteiger partial charge in [-0.1, -0.05) is 13.3 Å². The van der Waals surface area contributed by atoms with Crippen LogP contribution in [0.3, 0.4) is 0 Å². The standard InChI is InChI=1S/C16H15FN4/c1-2-3-4-12-8-10-7-11(17)5-6-13(10)15-14(9-18)16(19)20-21(12)15/h5-8H,2-4H2,1H3,(H2,19,20). The molecule has 0 unspecified atom stereocenters. The molecule has 5 heteroatoms. The van der Waals surface area contributed by atoms with Gasteiger partial charge in [0.15, 0.2) is 5.82 Å². The quantitative estimate of drug-likeness (QED) is 0.800. The average molecular weight is 282 g/mol. The smallest absolute Gasteiger partial charge is 0.164 e. The summed E-state index contributed by atoms with van der Waals surface area (Å²) >= 11 is 0. The number of unbranched alkanes of at least 4 members (excludes halogenated alkanes) is 1. The molecule has 0 aliphatic rings. The lowest BCUT2D eigenvalue weighted by molar-refractivity contribution is 0.629. The molecule has 4 nitrogen and oxygen atoms in total. The number of nitrogen functional groups attached to an aromatic ring is 1. The van der Waals surface area contributed by atoms with Crippen LogP contribution in [0.2, 0.25) is 0 Å². The van der Waals surface area contributed by atoms with Gasteiger partial charge in [0.1, 0.15) is 17.4 Å². The minimum absolute atomic E-state index is 0.215. The summed E-state index contributed by atoms with van der Waals surface area (Å²) in [6.45, 7) is 2.11. The number of pyridine rings is 1. The normalized spacial score (nSPS) is 11.1. The van der Waals surface area contributed by atoms with Gasteiger partial charge in [0.2, 0.25) is 0 Å². The molecule has 3 aromatic rings. The molecule has 0 atom stereocenters. The van der Waals surface area contributed by atoms with Gasteiger partial charge in [-0.05, 0) is 42.5 Å². The number of rotatable bonds is 3. The molecule has 0 saturated carbocycles. The van der Waals surface area contributed by atoms with Crippen LogP contribution >= 0.6 is 0 Å². The van der Waals surface area contributed by atoms with Gasteiger partial charge in [-0.3, -0.25) is 0 Å². The molecule has 106 valence electrons. The molecule has 2 aromatic heterocycles. The van der Waals surface area contributed by atoms with E-state index in [-0.39, 0.29) is 11.6 Å². The monoisotopic (exact) mass is 282 g/mol. The van der Waals surface area contributed by atoms with Crippen LogP contribution in [0.5, 0.6) is 0 Å². The Morgan fingerprint density at radius 1 is 1.38 bits per heavy atom. The van der Waals surface area contributed by atoms with E-state index in [0.717, 1.165) is 35.7 Å². The number of hydrogen-bond donors (Lipinski definition) is 1. The maximum atomic E-state index is 13.5. The number of aromatic nitrogens is 2. The van der Waals surface area contributed by atoms with Gasteiger partial charge in [0.05, 0.1) is 5.52 Å². The van der Waals surface area contributed by atoms with Crippen LogP contribution in [-0.2, 0) is 6.42 Å². The second kappa shape index (κ2) is 5.06. The van der Waals surface area contributed by atoms with E-state index in [0.29, 0.717) is 11.1 Å². The number of anilines is 1. The molecule has 2 N–H and O–H groups in total. The van der Waals surface area contributed by atoms with E-state index in [1.807, 2.05) is 6.07 Å². The largest absolute Gasteiger partial charge is 0.381 e. The van der Waals surface area contributed by atoms with Gasteiger partial charge in [-0.15, -0.1) is 5.10 Å². The highest BCUT2D eigenvalue weighted by atomic mass is 19.1. The molecule has 21 heavy (non-hydrogen) atoms. The van der Waals surface area contributed by atoms with E-state index in [4.69, 9.17) is 5.73 Å². The van der Waals surface area contributed by atoms with Crippen LogP contribution < -0.4 is 5.73 Å². The first-order valence-corrected chi connectivity index (χ1v) is 6.95. The number of aryl methyl sites for hydroxylation is 1. The Labute approximate surface area is 121 Å². The molecule has 0 aliphatic heterocycles. The van der Waals surface area contributed by atoms with Crippen LogP contribution in [0.15, 0.2) is 24.3 Å². The first-order valence-electron chi connectivity index (χ1n) is 6.95. The van der Waals surface area contributed by atoms with Crippen molar-refractivity contribution in [2.45, 2.75) is 26.2 Å².